The number of carbonyl (C=O) groups is 2. The molecule has 0 spiro atoms. The maximum Gasteiger partial charge on any atom is 0.338 e. The van der Waals surface area contributed by atoms with E-state index in [9.17, 15) is 14.7 Å². The largest absolute Gasteiger partial charge is 0.478 e. The van der Waals surface area contributed by atoms with Gasteiger partial charge in [0.05, 0.1) is 22.9 Å². The van der Waals surface area contributed by atoms with Gasteiger partial charge in [-0.1, -0.05) is 19.1 Å². The lowest BCUT2D eigenvalue weighted by Gasteiger charge is -2.09. The highest BCUT2D eigenvalue weighted by Crippen LogP contribution is 2.30. The van der Waals surface area contributed by atoms with Gasteiger partial charge in [0.1, 0.15) is 17.2 Å². The van der Waals surface area contributed by atoms with Gasteiger partial charge >= 0.3 is 5.97 Å². The van der Waals surface area contributed by atoms with E-state index in [-0.39, 0.29) is 11.5 Å². The second kappa shape index (κ2) is 8.04. The molecule has 0 bridgehead atoms. The van der Waals surface area contributed by atoms with Gasteiger partial charge in [-0.15, -0.1) is 0 Å². The number of H-pyrrole nitrogens is 1. The van der Waals surface area contributed by atoms with Crippen molar-refractivity contribution in [1.29, 1.82) is 0 Å². The summed E-state index contributed by atoms with van der Waals surface area (Å²) >= 11 is 0. The van der Waals surface area contributed by atoms with Crippen LogP contribution in [0.2, 0.25) is 0 Å². The summed E-state index contributed by atoms with van der Waals surface area (Å²) < 4.78 is 5.16. The van der Waals surface area contributed by atoms with Crippen LogP contribution in [0.25, 0.3) is 28.4 Å². The maximum atomic E-state index is 12.2. The first kappa shape index (κ1) is 19.1. The molecule has 3 N–H and O–H groups in total. The number of aromatic nitrogens is 3. The molecule has 1 amide bonds. The first-order valence-corrected chi connectivity index (χ1v) is 9.29. The topological polar surface area (TPSA) is 121 Å². The third-order valence-electron chi connectivity index (χ3n) is 4.47. The molecule has 0 aliphatic carbocycles. The highest BCUT2D eigenvalue weighted by molar-refractivity contribution is 6.08. The van der Waals surface area contributed by atoms with Crippen molar-refractivity contribution in [3.8, 4) is 11.3 Å². The normalized spacial score (nSPS) is 11.2. The number of anilines is 1. The minimum absolute atomic E-state index is 0.0958. The fraction of sp³-hybridized carbons (Fsp3) is 0.0909. The second-order valence-corrected chi connectivity index (χ2v) is 6.49. The number of nitrogens with zero attached hydrogens (tertiary/aromatic N) is 2. The van der Waals surface area contributed by atoms with E-state index < -0.39 is 5.97 Å². The van der Waals surface area contributed by atoms with E-state index in [0.29, 0.717) is 46.0 Å². The number of fused-ring (bicyclic) bond motifs is 1. The summed E-state index contributed by atoms with van der Waals surface area (Å²) in [5, 5.41) is 12.8. The zero-order valence-electron chi connectivity index (χ0n) is 16.0. The van der Waals surface area contributed by atoms with E-state index in [1.165, 1.54) is 18.5 Å². The minimum atomic E-state index is -1.07. The highest BCUT2D eigenvalue weighted by atomic mass is 16.4. The van der Waals surface area contributed by atoms with E-state index in [1.54, 1.807) is 36.4 Å². The van der Waals surface area contributed by atoms with E-state index in [2.05, 4.69) is 20.3 Å². The maximum absolute atomic E-state index is 12.2. The Morgan fingerprint density at radius 3 is 2.83 bits per heavy atom. The summed E-state index contributed by atoms with van der Waals surface area (Å²) in [6.07, 6.45) is 6.48. The van der Waals surface area contributed by atoms with Gasteiger partial charge in [-0.25, -0.2) is 14.8 Å². The number of nitrogens with one attached hydrogen (secondary N) is 2. The third-order valence-corrected chi connectivity index (χ3v) is 4.47. The molecule has 3 heterocycles. The van der Waals surface area contributed by atoms with Crippen LogP contribution >= 0.6 is 0 Å². The lowest BCUT2D eigenvalue weighted by atomic mass is 10.1. The average Bonchev–Trinajstić information content (AvgIpc) is 3.41. The lowest BCUT2D eigenvalue weighted by molar-refractivity contribution is -0.111. The number of rotatable bonds is 6. The average molecular weight is 402 g/mol. The van der Waals surface area contributed by atoms with E-state index in [1.807, 2.05) is 13.0 Å². The van der Waals surface area contributed by atoms with E-state index >= 15 is 0 Å². The molecule has 0 atom stereocenters. The standard InChI is InChI=1S/C22H18N4O4/c1-2-17-25-20(19-16(22(28)29)12-23-21(19)26-17)13-5-3-6-14(11-13)24-18(27)9-8-15-7-4-10-30-15/h3-12H,2H2,1H3,(H,24,27)(H,28,29)(H,23,25,26)/b9-8+. The van der Waals surface area contributed by atoms with Crippen LogP contribution in [0.5, 0.6) is 0 Å². The number of hydrogen-bond donors (Lipinski definition) is 3. The summed E-state index contributed by atoms with van der Waals surface area (Å²) in [5.74, 6) is -0.225. The monoisotopic (exact) mass is 402 g/mol. The number of carboxylic acid groups (broad SMARTS) is 1. The first-order valence-electron chi connectivity index (χ1n) is 9.29. The molecule has 0 aliphatic rings. The SMILES string of the molecule is CCc1nc(-c2cccc(NC(=O)/C=C/c3ccco3)c2)c2c(C(=O)O)c[nH]c2n1. The summed E-state index contributed by atoms with van der Waals surface area (Å²) in [6.45, 7) is 1.92. The predicted molar refractivity (Wildman–Crippen MR) is 112 cm³/mol. The molecule has 150 valence electrons. The van der Waals surface area contributed by atoms with Gasteiger partial charge in [0.15, 0.2) is 0 Å². The number of aromatic amines is 1. The Hall–Kier alpha value is -4.20. The zero-order valence-corrected chi connectivity index (χ0v) is 16.0. The second-order valence-electron chi connectivity index (χ2n) is 6.49. The van der Waals surface area contributed by atoms with Gasteiger partial charge in [-0.05, 0) is 30.3 Å². The number of amides is 1. The molecule has 0 fully saturated rings. The molecule has 0 aliphatic heterocycles. The van der Waals surface area contributed by atoms with Gasteiger partial charge in [-0.2, -0.15) is 0 Å². The third kappa shape index (κ3) is 3.83. The molecule has 4 rings (SSSR count). The van der Waals surface area contributed by atoms with E-state index in [4.69, 9.17) is 4.42 Å². The molecule has 8 nitrogen and oxygen atoms in total. The Bertz CT molecular complexity index is 1260. The molecule has 30 heavy (non-hydrogen) atoms. The molecule has 0 saturated heterocycles. The molecule has 8 heteroatoms. The van der Waals surface area contributed by atoms with Crippen molar-refractivity contribution in [2.24, 2.45) is 0 Å². The van der Waals surface area contributed by atoms with Crippen LogP contribution in [-0.4, -0.2) is 31.9 Å². The van der Waals surface area contributed by atoms with Crippen LogP contribution < -0.4 is 5.32 Å². The summed E-state index contributed by atoms with van der Waals surface area (Å²) in [4.78, 5) is 35.7. The number of benzene rings is 1. The number of furan rings is 1. The number of hydrogen-bond acceptors (Lipinski definition) is 5. The summed E-state index contributed by atoms with van der Waals surface area (Å²) in [6, 6.07) is 10.6. The Morgan fingerprint density at radius 1 is 1.23 bits per heavy atom. The molecule has 0 saturated carbocycles. The molecular weight excluding hydrogens is 384 g/mol. The molecule has 3 aromatic heterocycles. The van der Waals surface area contributed by atoms with Crippen molar-refractivity contribution in [2.45, 2.75) is 13.3 Å². The van der Waals surface area contributed by atoms with Gasteiger partial charge < -0.3 is 19.8 Å². The lowest BCUT2D eigenvalue weighted by Crippen LogP contribution is -2.07. The first-order chi connectivity index (χ1) is 14.5. The minimum Gasteiger partial charge on any atom is -0.478 e. The van der Waals surface area contributed by atoms with Gasteiger partial charge in [0.25, 0.3) is 0 Å². The number of carbonyl (C=O) groups excluding carboxylic acids is 1. The van der Waals surface area contributed by atoms with Crippen molar-refractivity contribution in [3.05, 3.63) is 72.1 Å². The van der Waals surface area contributed by atoms with Gasteiger partial charge in [0, 0.05) is 29.9 Å². The molecule has 1 aromatic carbocycles. The fourth-order valence-corrected chi connectivity index (χ4v) is 3.09. The van der Waals surface area contributed by atoms with Gasteiger partial charge in [0.2, 0.25) is 5.91 Å². The van der Waals surface area contributed by atoms with Crippen molar-refractivity contribution in [3.63, 3.8) is 0 Å². The van der Waals surface area contributed by atoms with Crippen LogP contribution in [-0.2, 0) is 11.2 Å². The van der Waals surface area contributed by atoms with Crippen molar-refractivity contribution >= 4 is 34.7 Å². The molecule has 0 unspecified atom stereocenters. The molecule has 4 aromatic rings. The number of aromatic carboxylic acids is 1. The van der Waals surface area contributed by atoms with Crippen LogP contribution in [0.15, 0.2) is 59.4 Å². The number of aryl methyl sites for hydroxylation is 1. The quantitative estimate of drug-likeness (QED) is 0.417. The Balaban J connectivity index is 1.70. The Labute approximate surface area is 171 Å². The Morgan fingerprint density at radius 2 is 2.10 bits per heavy atom. The molecule has 0 radical (unpaired) electrons. The van der Waals surface area contributed by atoms with Crippen LogP contribution in [0.1, 0.15) is 28.9 Å². The number of carboxylic acids is 1. The molecular formula is C22H18N4O4. The highest BCUT2D eigenvalue weighted by Gasteiger charge is 2.19. The fourth-order valence-electron chi connectivity index (χ4n) is 3.09. The Kier molecular flexibility index (Phi) is 5.13. The smallest absolute Gasteiger partial charge is 0.338 e. The van der Waals surface area contributed by atoms with Crippen LogP contribution in [0.4, 0.5) is 5.69 Å². The van der Waals surface area contributed by atoms with E-state index in [0.717, 1.165) is 0 Å². The zero-order chi connectivity index (χ0) is 21.1. The van der Waals surface area contributed by atoms with Crippen LogP contribution in [0, 0.1) is 0 Å². The van der Waals surface area contributed by atoms with Crippen molar-refractivity contribution < 1.29 is 19.1 Å². The summed E-state index contributed by atoms with van der Waals surface area (Å²) in [5.41, 5.74) is 2.28. The predicted octanol–water partition coefficient (Wildman–Crippen LogP) is 4.13. The van der Waals surface area contributed by atoms with Crippen LogP contribution in [0.3, 0.4) is 0 Å². The van der Waals surface area contributed by atoms with Crippen molar-refractivity contribution in [1.82, 2.24) is 15.0 Å². The summed E-state index contributed by atoms with van der Waals surface area (Å²) in [7, 11) is 0. The van der Waals surface area contributed by atoms with Gasteiger partial charge in [-0.3, -0.25) is 4.79 Å². The van der Waals surface area contributed by atoms with Crippen molar-refractivity contribution in [2.75, 3.05) is 5.32 Å².